The largest absolute Gasteiger partial charge is 0.451 e. The Morgan fingerprint density at radius 1 is 1.19 bits per heavy atom. The van der Waals surface area contributed by atoms with Crippen LogP contribution in [0.25, 0.3) is 0 Å². The van der Waals surface area contributed by atoms with E-state index in [1.165, 1.54) is 24.9 Å². The van der Waals surface area contributed by atoms with Crippen molar-refractivity contribution in [3.05, 3.63) is 53.6 Å². The zero-order valence-corrected chi connectivity index (χ0v) is 18.3. The van der Waals surface area contributed by atoms with E-state index in [1.54, 1.807) is 25.2 Å². The third kappa shape index (κ3) is 5.55. The van der Waals surface area contributed by atoms with Gasteiger partial charge in [0.1, 0.15) is 17.6 Å². The monoisotopic (exact) mass is 442 g/mol. The van der Waals surface area contributed by atoms with Crippen molar-refractivity contribution in [2.24, 2.45) is 0 Å². The molecule has 0 bridgehead atoms. The molecule has 2 saturated carbocycles. The second-order valence-electron chi connectivity index (χ2n) is 8.60. The van der Waals surface area contributed by atoms with Crippen molar-refractivity contribution < 1.29 is 19.0 Å². The molecule has 2 unspecified atom stereocenters. The van der Waals surface area contributed by atoms with Crippen LogP contribution in [-0.4, -0.2) is 35.5 Å². The lowest BCUT2D eigenvalue weighted by Gasteiger charge is -2.27. The van der Waals surface area contributed by atoms with Gasteiger partial charge >= 0.3 is 0 Å². The van der Waals surface area contributed by atoms with Gasteiger partial charge in [-0.1, -0.05) is 25.3 Å². The van der Waals surface area contributed by atoms with Crippen molar-refractivity contribution in [3.8, 4) is 5.75 Å². The first-order valence-corrected chi connectivity index (χ1v) is 11.4. The molecule has 4 N–H and O–H groups in total. The van der Waals surface area contributed by atoms with Crippen LogP contribution >= 0.6 is 0 Å². The molecule has 4 rings (SSSR count). The number of hydrogen-bond acceptors (Lipinski definition) is 6. The van der Waals surface area contributed by atoms with Gasteiger partial charge < -0.3 is 20.5 Å². The fraction of sp³-hybridized carbons (Fsp3) is 0.500. The average molecular weight is 443 g/mol. The van der Waals surface area contributed by atoms with Crippen LogP contribution in [-0.2, 0) is 4.79 Å². The number of nitrogens with zero attached hydrogens (tertiary/aromatic N) is 1. The van der Waals surface area contributed by atoms with Crippen molar-refractivity contribution in [1.29, 1.82) is 0 Å². The third-order valence-corrected chi connectivity index (χ3v) is 6.15. The fourth-order valence-corrected chi connectivity index (χ4v) is 4.22. The number of aliphatic hydroxyl groups excluding tert-OH is 1. The lowest BCUT2D eigenvalue weighted by Crippen LogP contribution is -2.41. The number of nitrogens with one attached hydrogen (secondary N) is 3. The number of aliphatic hydroxyl groups is 1. The Morgan fingerprint density at radius 2 is 1.97 bits per heavy atom. The minimum absolute atomic E-state index is 0.110. The number of halogens is 1. The zero-order valence-electron chi connectivity index (χ0n) is 18.3. The van der Waals surface area contributed by atoms with E-state index in [9.17, 15) is 14.3 Å². The molecular weight excluding hydrogens is 411 g/mol. The van der Waals surface area contributed by atoms with E-state index in [-0.39, 0.29) is 17.8 Å². The van der Waals surface area contributed by atoms with Crippen molar-refractivity contribution in [1.82, 2.24) is 15.6 Å². The first kappa shape index (κ1) is 22.5. The number of anilines is 1. The lowest BCUT2D eigenvalue weighted by atomic mass is 9.95. The van der Waals surface area contributed by atoms with E-state index in [4.69, 9.17) is 4.74 Å². The molecule has 2 atom stereocenters. The van der Waals surface area contributed by atoms with Gasteiger partial charge in [-0.25, -0.2) is 4.39 Å². The standard InChI is InChI=1S/C24H31FN4O3/c1-26-24(31)32-21-11-12-27-14-19(21)22(23(30)29-16-5-3-2-4-6-16)28-17-9-10-18(15-7-8-15)20(25)13-17/h9-16,22,24,26,28,31H,2-8H2,1H3,(H,29,30). The van der Waals surface area contributed by atoms with Crippen LogP contribution < -0.4 is 20.7 Å². The summed E-state index contributed by atoms with van der Waals surface area (Å²) >= 11 is 0. The summed E-state index contributed by atoms with van der Waals surface area (Å²) in [6.45, 7) is 0. The normalized spacial score (nSPS) is 18.6. The molecule has 2 aromatic rings. The number of pyridine rings is 1. The summed E-state index contributed by atoms with van der Waals surface area (Å²) in [5.41, 5.74) is 1.68. The van der Waals surface area contributed by atoms with Gasteiger partial charge in [-0.05, 0) is 62.4 Å². The van der Waals surface area contributed by atoms with E-state index in [0.29, 0.717) is 22.9 Å². The Bertz CT molecular complexity index is 931. The number of amides is 1. The minimum atomic E-state index is -1.24. The Balaban J connectivity index is 1.61. The Labute approximate surface area is 187 Å². The smallest absolute Gasteiger partial charge is 0.256 e. The number of carbonyl (C=O) groups excluding carboxylic acids is 1. The van der Waals surface area contributed by atoms with E-state index >= 15 is 0 Å². The van der Waals surface area contributed by atoms with Crippen molar-refractivity contribution >= 4 is 11.6 Å². The maximum atomic E-state index is 14.6. The molecule has 0 saturated heterocycles. The number of hydrogen-bond donors (Lipinski definition) is 4. The van der Waals surface area contributed by atoms with Crippen LogP contribution in [0.15, 0.2) is 36.7 Å². The topological polar surface area (TPSA) is 95.5 Å². The molecule has 1 aromatic heterocycles. The summed E-state index contributed by atoms with van der Waals surface area (Å²) in [4.78, 5) is 17.5. The summed E-state index contributed by atoms with van der Waals surface area (Å²) in [5.74, 6) is 0.113. The maximum absolute atomic E-state index is 14.6. The highest BCUT2D eigenvalue weighted by molar-refractivity contribution is 5.87. The Morgan fingerprint density at radius 3 is 2.66 bits per heavy atom. The highest BCUT2D eigenvalue weighted by atomic mass is 19.1. The average Bonchev–Trinajstić information content (AvgIpc) is 3.64. The van der Waals surface area contributed by atoms with E-state index < -0.39 is 12.5 Å². The van der Waals surface area contributed by atoms with Crippen LogP contribution in [0.1, 0.15) is 68.0 Å². The summed E-state index contributed by atoms with van der Waals surface area (Å²) in [5, 5.41) is 18.8. The second-order valence-corrected chi connectivity index (χ2v) is 8.60. The molecule has 8 heteroatoms. The predicted molar refractivity (Wildman–Crippen MR) is 120 cm³/mol. The fourth-order valence-electron chi connectivity index (χ4n) is 4.22. The summed E-state index contributed by atoms with van der Waals surface area (Å²) < 4.78 is 20.2. The van der Waals surface area contributed by atoms with Crippen LogP contribution in [0.3, 0.4) is 0 Å². The molecule has 0 radical (unpaired) electrons. The zero-order chi connectivity index (χ0) is 22.5. The maximum Gasteiger partial charge on any atom is 0.256 e. The molecule has 1 heterocycles. The van der Waals surface area contributed by atoms with Crippen LogP contribution in [0.4, 0.5) is 10.1 Å². The lowest BCUT2D eigenvalue weighted by molar-refractivity contribution is -0.123. The highest BCUT2D eigenvalue weighted by Gasteiger charge is 2.29. The van der Waals surface area contributed by atoms with Crippen molar-refractivity contribution in [3.63, 3.8) is 0 Å². The molecule has 1 amide bonds. The van der Waals surface area contributed by atoms with Gasteiger partial charge in [-0.2, -0.15) is 0 Å². The van der Waals surface area contributed by atoms with E-state index in [0.717, 1.165) is 44.1 Å². The first-order valence-electron chi connectivity index (χ1n) is 11.4. The van der Waals surface area contributed by atoms with Crippen LogP contribution in [0.5, 0.6) is 5.75 Å². The summed E-state index contributed by atoms with van der Waals surface area (Å²) in [6.07, 6.45) is 9.10. The molecule has 1 aromatic carbocycles. The quantitative estimate of drug-likeness (QED) is 0.444. The number of aromatic nitrogens is 1. The molecule has 2 fully saturated rings. The second kappa shape index (κ2) is 10.3. The SMILES string of the molecule is CNC(O)Oc1ccncc1C(Nc1ccc(C2CC2)c(F)c1)C(=O)NC1CCCCC1. The molecule has 7 nitrogen and oxygen atoms in total. The van der Waals surface area contributed by atoms with Gasteiger partial charge in [0.2, 0.25) is 5.91 Å². The van der Waals surface area contributed by atoms with Crippen LogP contribution in [0.2, 0.25) is 0 Å². The number of rotatable bonds is 9. The molecule has 2 aliphatic carbocycles. The van der Waals surface area contributed by atoms with E-state index in [1.807, 2.05) is 0 Å². The first-order chi connectivity index (χ1) is 15.5. The Kier molecular flexibility index (Phi) is 7.22. The molecule has 0 spiro atoms. The van der Waals surface area contributed by atoms with Gasteiger partial charge in [-0.3, -0.25) is 15.1 Å². The molecular formula is C24H31FN4O3. The third-order valence-electron chi connectivity index (χ3n) is 6.15. The summed E-state index contributed by atoms with van der Waals surface area (Å²) in [7, 11) is 1.56. The van der Waals surface area contributed by atoms with Crippen molar-refractivity contribution in [2.45, 2.75) is 69.4 Å². The van der Waals surface area contributed by atoms with Gasteiger partial charge in [-0.15, -0.1) is 0 Å². The Hall–Kier alpha value is -2.71. The number of carbonyl (C=O) groups is 1. The van der Waals surface area contributed by atoms with Gasteiger partial charge in [0, 0.05) is 29.7 Å². The van der Waals surface area contributed by atoms with Crippen molar-refractivity contribution in [2.75, 3.05) is 12.4 Å². The van der Waals surface area contributed by atoms with E-state index in [2.05, 4.69) is 20.9 Å². The number of benzene rings is 1. The molecule has 0 aliphatic heterocycles. The summed E-state index contributed by atoms with van der Waals surface area (Å²) in [6, 6.07) is 5.87. The van der Waals surface area contributed by atoms with Crippen LogP contribution in [0, 0.1) is 5.82 Å². The molecule has 172 valence electrons. The van der Waals surface area contributed by atoms with Gasteiger partial charge in [0.15, 0.2) is 0 Å². The number of ether oxygens (including phenoxy) is 1. The van der Waals surface area contributed by atoms with Gasteiger partial charge in [0.25, 0.3) is 6.41 Å². The molecule has 32 heavy (non-hydrogen) atoms. The molecule has 2 aliphatic rings. The van der Waals surface area contributed by atoms with Gasteiger partial charge in [0.05, 0.1) is 0 Å². The predicted octanol–water partition coefficient (Wildman–Crippen LogP) is 3.57. The minimum Gasteiger partial charge on any atom is -0.451 e. The highest BCUT2D eigenvalue weighted by Crippen LogP contribution is 2.42.